The third-order valence-corrected chi connectivity index (χ3v) is 6.05. The summed E-state index contributed by atoms with van der Waals surface area (Å²) in [5.74, 6) is -1.14. The maximum Gasteiger partial charge on any atom is 0.328 e. The Morgan fingerprint density at radius 2 is 1.73 bits per heavy atom. The van der Waals surface area contributed by atoms with Crippen molar-refractivity contribution in [2.45, 2.75) is 24.8 Å². The Hall–Kier alpha value is -1.97. The maximum absolute atomic E-state index is 12.6. The van der Waals surface area contributed by atoms with Crippen molar-refractivity contribution in [2.24, 2.45) is 5.92 Å². The van der Waals surface area contributed by atoms with Crippen molar-refractivity contribution in [2.75, 3.05) is 33.4 Å². The fraction of sp³-hybridized carbons (Fsp3) is 0.529. The van der Waals surface area contributed by atoms with Gasteiger partial charge in [-0.25, -0.2) is 13.2 Å². The molecule has 0 radical (unpaired) electrons. The lowest BCUT2D eigenvalue weighted by atomic mass is 10.0. The predicted octanol–water partition coefficient (Wildman–Crippen LogP) is 0.635. The number of rotatable bonds is 6. The quantitative estimate of drug-likeness (QED) is 0.722. The third kappa shape index (κ3) is 4.60. The minimum absolute atomic E-state index is 0.115. The first-order valence-corrected chi connectivity index (χ1v) is 9.78. The molecule has 2 rings (SSSR count). The van der Waals surface area contributed by atoms with Crippen LogP contribution in [-0.4, -0.2) is 64.1 Å². The lowest BCUT2D eigenvalue weighted by Crippen LogP contribution is -2.45. The maximum atomic E-state index is 12.6. The van der Waals surface area contributed by atoms with Crippen LogP contribution in [0.4, 0.5) is 0 Å². The molecule has 1 atom stereocenters. The predicted molar refractivity (Wildman–Crippen MR) is 94.1 cm³/mol. The number of benzene rings is 1. The molecule has 1 amide bonds. The number of ether oxygens (including phenoxy) is 2. The molecule has 0 aromatic heterocycles. The van der Waals surface area contributed by atoms with E-state index in [1.54, 1.807) is 13.8 Å². The number of hydrogen-bond acceptors (Lipinski definition) is 6. The molecule has 0 spiro atoms. The zero-order valence-corrected chi connectivity index (χ0v) is 15.9. The molecule has 1 heterocycles. The molecule has 1 saturated heterocycles. The van der Waals surface area contributed by atoms with E-state index in [0.29, 0.717) is 26.3 Å². The molecule has 26 heavy (non-hydrogen) atoms. The number of methoxy groups -OCH3 is 1. The number of esters is 1. The van der Waals surface area contributed by atoms with Gasteiger partial charge in [-0.15, -0.1) is 0 Å². The van der Waals surface area contributed by atoms with Gasteiger partial charge in [0.05, 0.1) is 25.2 Å². The van der Waals surface area contributed by atoms with Crippen molar-refractivity contribution >= 4 is 21.9 Å². The van der Waals surface area contributed by atoms with Crippen molar-refractivity contribution in [1.29, 1.82) is 0 Å². The molecule has 1 aliphatic rings. The van der Waals surface area contributed by atoms with Gasteiger partial charge >= 0.3 is 5.97 Å². The largest absolute Gasteiger partial charge is 0.467 e. The van der Waals surface area contributed by atoms with Crippen molar-refractivity contribution in [3.8, 4) is 0 Å². The van der Waals surface area contributed by atoms with Crippen LogP contribution in [0.15, 0.2) is 29.2 Å². The summed E-state index contributed by atoms with van der Waals surface area (Å²) >= 11 is 0. The molecule has 1 aromatic rings. The standard InChI is InChI=1S/C17H24N2O6S/c1-12(2)15(17(21)24-3)18-16(20)13-4-6-14(7-5-13)26(22,23)19-8-10-25-11-9-19/h4-7,12,15H,8-11H2,1-3H3,(H,18,20). The Labute approximate surface area is 153 Å². The normalized spacial score (nSPS) is 16.9. The summed E-state index contributed by atoms with van der Waals surface area (Å²) in [6.07, 6.45) is 0. The Bertz CT molecular complexity index is 739. The molecule has 144 valence electrons. The molecule has 9 heteroatoms. The van der Waals surface area contributed by atoms with Gasteiger partial charge in [-0.3, -0.25) is 4.79 Å². The molecule has 1 fully saturated rings. The summed E-state index contributed by atoms with van der Waals surface area (Å²) in [5, 5.41) is 2.62. The first-order valence-electron chi connectivity index (χ1n) is 8.34. The number of nitrogens with one attached hydrogen (secondary N) is 1. The SMILES string of the molecule is COC(=O)C(NC(=O)c1ccc(S(=O)(=O)N2CCOCC2)cc1)C(C)C. The number of carbonyl (C=O) groups is 2. The van der Waals surface area contributed by atoms with E-state index in [1.165, 1.54) is 35.7 Å². The highest BCUT2D eigenvalue weighted by molar-refractivity contribution is 7.89. The summed E-state index contributed by atoms with van der Waals surface area (Å²) < 4.78 is 36.4. The highest BCUT2D eigenvalue weighted by Crippen LogP contribution is 2.18. The van der Waals surface area contributed by atoms with E-state index >= 15 is 0 Å². The molecule has 0 bridgehead atoms. The van der Waals surface area contributed by atoms with E-state index in [1.807, 2.05) is 0 Å². The second kappa shape index (κ2) is 8.61. The van der Waals surface area contributed by atoms with Crippen molar-refractivity contribution in [3.05, 3.63) is 29.8 Å². The van der Waals surface area contributed by atoms with E-state index in [4.69, 9.17) is 9.47 Å². The molecule has 1 aromatic carbocycles. The smallest absolute Gasteiger partial charge is 0.328 e. The number of amides is 1. The second-order valence-electron chi connectivity index (χ2n) is 6.26. The van der Waals surface area contributed by atoms with Crippen molar-refractivity contribution in [3.63, 3.8) is 0 Å². The average molecular weight is 384 g/mol. The van der Waals surface area contributed by atoms with Gasteiger partial charge in [0.25, 0.3) is 5.91 Å². The number of hydrogen-bond donors (Lipinski definition) is 1. The number of sulfonamides is 1. The monoisotopic (exact) mass is 384 g/mol. The van der Waals surface area contributed by atoms with Crippen LogP contribution >= 0.6 is 0 Å². The van der Waals surface area contributed by atoms with Gasteiger partial charge in [0.1, 0.15) is 6.04 Å². The first-order chi connectivity index (χ1) is 12.3. The Morgan fingerprint density at radius 1 is 1.15 bits per heavy atom. The van der Waals surface area contributed by atoms with E-state index in [2.05, 4.69) is 5.32 Å². The molecule has 1 aliphatic heterocycles. The Balaban J connectivity index is 2.13. The fourth-order valence-electron chi connectivity index (χ4n) is 2.56. The molecule has 0 aliphatic carbocycles. The summed E-state index contributed by atoms with van der Waals surface area (Å²) in [6.45, 7) is 4.92. The molecule has 1 N–H and O–H groups in total. The second-order valence-corrected chi connectivity index (χ2v) is 8.20. The van der Waals surface area contributed by atoms with Crippen LogP contribution in [0.1, 0.15) is 24.2 Å². The van der Waals surface area contributed by atoms with Crippen LogP contribution in [0, 0.1) is 5.92 Å². The molecule has 1 unspecified atom stereocenters. The van der Waals surface area contributed by atoms with E-state index < -0.39 is 27.9 Å². The third-order valence-electron chi connectivity index (χ3n) is 4.13. The summed E-state index contributed by atoms with van der Waals surface area (Å²) in [5.41, 5.74) is 0.264. The van der Waals surface area contributed by atoms with Gasteiger partial charge in [0, 0.05) is 18.7 Å². The van der Waals surface area contributed by atoms with Gasteiger partial charge < -0.3 is 14.8 Å². The molecule has 8 nitrogen and oxygen atoms in total. The van der Waals surface area contributed by atoms with E-state index in [0.717, 1.165) is 0 Å². The molecular weight excluding hydrogens is 360 g/mol. The van der Waals surface area contributed by atoms with Crippen LogP contribution in [0.5, 0.6) is 0 Å². The lowest BCUT2D eigenvalue weighted by Gasteiger charge is -2.26. The van der Waals surface area contributed by atoms with Crippen LogP contribution in [0.2, 0.25) is 0 Å². The average Bonchev–Trinajstić information content (AvgIpc) is 2.65. The zero-order valence-electron chi connectivity index (χ0n) is 15.1. The Kier molecular flexibility index (Phi) is 6.74. The van der Waals surface area contributed by atoms with Crippen LogP contribution in [-0.2, 0) is 24.3 Å². The van der Waals surface area contributed by atoms with Crippen LogP contribution < -0.4 is 5.32 Å². The van der Waals surface area contributed by atoms with Gasteiger partial charge in [0.2, 0.25) is 10.0 Å². The van der Waals surface area contributed by atoms with Gasteiger partial charge in [0.15, 0.2) is 0 Å². The highest BCUT2D eigenvalue weighted by Gasteiger charge is 2.28. The minimum atomic E-state index is -3.61. The van der Waals surface area contributed by atoms with E-state index in [-0.39, 0.29) is 16.4 Å². The van der Waals surface area contributed by atoms with Crippen molar-refractivity contribution in [1.82, 2.24) is 9.62 Å². The Morgan fingerprint density at radius 3 is 2.23 bits per heavy atom. The number of nitrogens with zero attached hydrogens (tertiary/aromatic N) is 1. The first kappa shape index (κ1) is 20.3. The summed E-state index contributed by atoms with van der Waals surface area (Å²) in [4.78, 5) is 24.2. The fourth-order valence-corrected chi connectivity index (χ4v) is 3.97. The number of morpholine rings is 1. The van der Waals surface area contributed by atoms with E-state index in [9.17, 15) is 18.0 Å². The van der Waals surface area contributed by atoms with Gasteiger partial charge in [-0.1, -0.05) is 13.8 Å². The highest BCUT2D eigenvalue weighted by atomic mass is 32.2. The van der Waals surface area contributed by atoms with Crippen molar-refractivity contribution < 1.29 is 27.5 Å². The molecular formula is C17H24N2O6S. The van der Waals surface area contributed by atoms with Crippen LogP contribution in [0.25, 0.3) is 0 Å². The topological polar surface area (TPSA) is 102 Å². The van der Waals surface area contributed by atoms with Crippen LogP contribution in [0.3, 0.4) is 0 Å². The van der Waals surface area contributed by atoms with Gasteiger partial charge in [-0.05, 0) is 30.2 Å². The zero-order chi connectivity index (χ0) is 19.3. The lowest BCUT2D eigenvalue weighted by molar-refractivity contribution is -0.144. The molecule has 0 saturated carbocycles. The van der Waals surface area contributed by atoms with Gasteiger partial charge in [-0.2, -0.15) is 4.31 Å². The number of carbonyl (C=O) groups excluding carboxylic acids is 2. The summed E-state index contributed by atoms with van der Waals surface area (Å²) in [7, 11) is -2.35. The summed E-state index contributed by atoms with van der Waals surface area (Å²) in [6, 6.07) is 4.86. The minimum Gasteiger partial charge on any atom is -0.467 e.